The number of thiazole rings is 1. The number of carbonyl (C=O) groups excluding carboxylic acids is 1. The predicted octanol–water partition coefficient (Wildman–Crippen LogP) is 4.34. The van der Waals surface area contributed by atoms with Crippen LogP contribution in [0.25, 0.3) is 10.2 Å². The van der Waals surface area contributed by atoms with Gasteiger partial charge in [-0.2, -0.15) is 0 Å². The molecule has 0 fully saturated rings. The van der Waals surface area contributed by atoms with Gasteiger partial charge >= 0.3 is 10.8 Å². The third kappa shape index (κ3) is 4.68. The van der Waals surface area contributed by atoms with E-state index in [0.29, 0.717) is 6.61 Å². The van der Waals surface area contributed by atoms with E-state index in [1.54, 1.807) is 0 Å². The molecule has 6 heteroatoms. The van der Waals surface area contributed by atoms with Gasteiger partial charge in [-0.25, -0.2) is 0 Å². The fourth-order valence-corrected chi connectivity index (χ4v) is 3.70. The van der Waals surface area contributed by atoms with Gasteiger partial charge in [0.15, 0.2) is 0 Å². The van der Waals surface area contributed by atoms with E-state index in [1.165, 1.54) is 23.8 Å². The Morgan fingerprint density at radius 1 is 1.27 bits per heavy atom. The Kier molecular flexibility index (Phi) is 6.64. The van der Waals surface area contributed by atoms with Crippen LogP contribution in [0.15, 0.2) is 27.5 Å². The quantitative estimate of drug-likeness (QED) is 0.501. The number of hydrogen-bond acceptors (Lipinski definition) is 4. The first-order valence-electron chi connectivity index (χ1n) is 7.56. The summed E-state index contributed by atoms with van der Waals surface area (Å²) in [5.74, 6) is -0.347. The minimum Gasteiger partial charge on any atom is -0.464 e. The lowest BCUT2D eigenvalue weighted by Crippen LogP contribution is -2.21. The van der Waals surface area contributed by atoms with E-state index in [-0.39, 0.29) is 17.4 Å². The number of aromatic nitrogens is 1. The topological polar surface area (TPSA) is 48.3 Å². The van der Waals surface area contributed by atoms with Gasteiger partial charge in [0.1, 0.15) is 6.54 Å². The summed E-state index contributed by atoms with van der Waals surface area (Å²) in [4.78, 5) is 23.7. The zero-order chi connectivity index (χ0) is 15.9. The molecule has 0 radical (unpaired) electrons. The molecule has 0 atom stereocenters. The summed E-state index contributed by atoms with van der Waals surface area (Å²) in [5.41, 5.74) is 0.776. The molecule has 0 aliphatic carbocycles. The Bertz CT molecular complexity index is 692. The highest BCUT2D eigenvalue weighted by atomic mass is 79.9. The zero-order valence-corrected chi connectivity index (χ0v) is 15.0. The smallest absolute Gasteiger partial charge is 0.326 e. The summed E-state index contributed by atoms with van der Waals surface area (Å²) in [5, 5.41) is 0. The lowest BCUT2D eigenvalue weighted by molar-refractivity contribution is -0.144. The second-order valence-electron chi connectivity index (χ2n) is 5.20. The molecule has 120 valence electrons. The molecule has 0 aliphatic rings. The molecule has 22 heavy (non-hydrogen) atoms. The van der Waals surface area contributed by atoms with Gasteiger partial charge in [0.05, 0.1) is 16.8 Å². The molecule has 0 amide bonds. The average Bonchev–Trinajstić information content (AvgIpc) is 2.78. The van der Waals surface area contributed by atoms with E-state index in [1.807, 2.05) is 18.2 Å². The van der Waals surface area contributed by atoms with Crippen molar-refractivity contribution in [2.45, 2.75) is 45.6 Å². The summed E-state index contributed by atoms with van der Waals surface area (Å²) in [7, 11) is 0. The second-order valence-corrected chi connectivity index (χ2v) is 7.11. The number of unbranched alkanes of at least 4 members (excludes halogenated alkanes) is 4. The summed E-state index contributed by atoms with van der Waals surface area (Å²) >= 11 is 4.52. The number of hydrogen-bond donors (Lipinski definition) is 0. The number of esters is 1. The van der Waals surface area contributed by atoms with Crippen LogP contribution in [0.5, 0.6) is 0 Å². The molecule has 2 aromatic rings. The van der Waals surface area contributed by atoms with Gasteiger partial charge < -0.3 is 4.74 Å². The summed E-state index contributed by atoms with van der Waals surface area (Å²) in [6.07, 6.45) is 5.57. The van der Waals surface area contributed by atoms with E-state index in [0.717, 1.165) is 38.9 Å². The van der Waals surface area contributed by atoms with Gasteiger partial charge in [0.25, 0.3) is 0 Å². The highest BCUT2D eigenvalue weighted by Gasteiger charge is 2.12. The molecule has 0 bridgehead atoms. The van der Waals surface area contributed by atoms with E-state index >= 15 is 0 Å². The largest absolute Gasteiger partial charge is 0.464 e. The van der Waals surface area contributed by atoms with E-state index in [2.05, 4.69) is 22.9 Å². The highest BCUT2D eigenvalue weighted by molar-refractivity contribution is 9.10. The molecule has 0 spiro atoms. The van der Waals surface area contributed by atoms with Crippen LogP contribution in [0, 0.1) is 0 Å². The van der Waals surface area contributed by atoms with E-state index < -0.39 is 0 Å². The predicted molar refractivity (Wildman–Crippen MR) is 93.5 cm³/mol. The van der Waals surface area contributed by atoms with Crippen LogP contribution in [0.4, 0.5) is 0 Å². The monoisotopic (exact) mass is 385 g/mol. The first-order chi connectivity index (χ1) is 10.6. The van der Waals surface area contributed by atoms with Crippen LogP contribution < -0.4 is 4.87 Å². The molecule has 1 aromatic carbocycles. The van der Waals surface area contributed by atoms with Gasteiger partial charge in [-0.1, -0.05) is 59.9 Å². The summed E-state index contributed by atoms with van der Waals surface area (Å²) < 4.78 is 8.48. The second kappa shape index (κ2) is 8.48. The average molecular weight is 386 g/mol. The number of fused-ring (bicyclic) bond motifs is 1. The minimum absolute atomic E-state index is 0.0184. The lowest BCUT2D eigenvalue weighted by atomic mass is 10.2. The van der Waals surface area contributed by atoms with Gasteiger partial charge in [-0.05, 0) is 24.6 Å². The fraction of sp³-hybridized carbons (Fsp3) is 0.500. The first kappa shape index (κ1) is 17.2. The van der Waals surface area contributed by atoms with Crippen LogP contribution in [0.3, 0.4) is 0 Å². The molecule has 0 saturated carbocycles. The van der Waals surface area contributed by atoms with Crippen molar-refractivity contribution in [3.05, 3.63) is 32.3 Å². The van der Waals surface area contributed by atoms with Crippen molar-refractivity contribution in [2.24, 2.45) is 0 Å². The molecule has 0 saturated heterocycles. The maximum Gasteiger partial charge on any atom is 0.326 e. The first-order valence-corrected chi connectivity index (χ1v) is 9.17. The zero-order valence-electron chi connectivity index (χ0n) is 12.6. The Balaban J connectivity index is 1.89. The number of ether oxygens (including phenoxy) is 1. The van der Waals surface area contributed by atoms with Crippen LogP contribution in [-0.4, -0.2) is 17.1 Å². The lowest BCUT2D eigenvalue weighted by Gasteiger charge is -2.06. The highest BCUT2D eigenvalue weighted by Crippen LogP contribution is 2.22. The Morgan fingerprint density at radius 2 is 2.05 bits per heavy atom. The van der Waals surface area contributed by atoms with Gasteiger partial charge in [0.2, 0.25) is 0 Å². The normalized spacial score (nSPS) is 11.0. The van der Waals surface area contributed by atoms with Crippen molar-refractivity contribution in [1.82, 2.24) is 4.57 Å². The van der Waals surface area contributed by atoms with Crippen LogP contribution in [-0.2, 0) is 16.1 Å². The minimum atomic E-state index is -0.347. The molecule has 1 heterocycles. The van der Waals surface area contributed by atoms with Crippen molar-refractivity contribution in [1.29, 1.82) is 0 Å². The molecule has 0 unspecified atom stereocenters. The van der Waals surface area contributed by atoms with Gasteiger partial charge in [-0.3, -0.25) is 14.2 Å². The maximum absolute atomic E-state index is 12.0. The molecule has 0 N–H and O–H groups in total. The van der Waals surface area contributed by atoms with Crippen molar-refractivity contribution >= 4 is 43.5 Å². The van der Waals surface area contributed by atoms with Gasteiger partial charge in [0, 0.05) is 4.47 Å². The Hall–Kier alpha value is -1.14. The van der Waals surface area contributed by atoms with Crippen LogP contribution in [0.1, 0.15) is 39.0 Å². The molecule has 4 nitrogen and oxygen atoms in total. The third-order valence-corrected chi connectivity index (χ3v) is 4.86. The number of rotatable bonds is 8. The number of carbonyl (C=O) groups is 1. The molecule has 0 aliphatic heterocycles. The summed E-state index contributed by atoms with van der Waals surface area (Å²) in [6, 6.07) is 5.59. The van der Waals surface area contributed by atoms with Crippen molar-refractivity contribution < 1.29 is 9.53 Å². The SMILES string of the molecule is CCCCCCCOC(=O)Cn1c(=O)sc2cc(Br)ccc21. The van der Waals surface area contributed by atoms with Crippen molar-refractivity contribution in [3.63, 3.8) is 0 Å². The van der Waals surface area contributed by atoms with Crippen LogP contribution in [0.2, 0.25) is 0 Å². The van der Waals surface area contributed by atoms with E-state index in [9.17, 15) is 9.59 Å². The van der Waals surface area contributed by atoms with Crippen molar-refractivity contribution in [2.75, 3.05) is 6.61 Å². The Labute approximate surface area is 142 Å². The molecule has 1 aromatic heterocycles. The molecular formula is C16H20BrNO3S. The van der Waals surface area contributed by atoms with E-state index in [4.69, 9.17) is 4.74 Å². The Morgan fingerprint density at radius 3 is 2.82 bits per heavy atom. The number of nitrogens with zero attached hydrogens (tertiary/aromatic N) is 1. The maximum atomic E-state index is 12.0. The van der Waals surface area contributed by atoms with Gasteiger partial charge in [-0.15, -0.1) is 0 Å². The molecule has 2 rings (SSSR count). The number of halogens is 1. The summed E-state index contributed by atoms with van der Waals surface area (Å²) in [6.45, 7) is 2.59. The third-order valence-electron chi connectivity index (χ3n) is 3.43. The number of benzene rings is 1. The fourth-order valence-electron chi connectivity index (χ4n) is 2.26. The van der Waals surface area contributed by atoms with Crippen molar-refractivity contribution in [3.8, 4) is 0 Å². The molecular weight excluding hydrogens is 366 g/mol. The van der Waals surface area contributed by atoms with Crippen LogP contribution >= 0.6 is 27.3 Å². The standard InChI is InChI=1S/C16H20BrNO3S/c1-2-3-4-5-6-9-21-15(19)11-18-13-8-7-12(17)10-14(13)22-16(18)20/h7-8,10H,2-6,9,11H2,1H3.